The molecule has 0 spiro atoms. The van der Waals surface area contributed by atoms with Gasteiger partial charge >= 0.3 is 5.97 Å². The molecule has 16 heavy (non-hydrogen) atoms. The monoisotopic (exact) mass is 211 g/mol. The first-order valence-electron chi connectivity index (χ1n) is 4.70. The summed E-state index contributed by atoms with van der Waals surface area (Å²) in [5, 5.41) is 9.10. The third-order valence-electron chi connectivity index (χ3n) is 2.28. The molecule has 1 N–H and O–H groups in total. The van der Waals surface area contributed by atoms with Gasteiger partial charge in [-0.2, -0.15) is 0 Å². The van der Waals surface area contributed by atoms with Crippen molar-refractivity contribution in [3.05, 3.63) is 53.9 Å². The van der Waals surface area contributed by atoms with Crippen LogP contribution in [0.5, 0.6) is 0 Å². The summed E-state index contributed by atoms with van der Waals surface area (Å²) in [5.41, 5.74) is 1.30. The molecule has 0 saturated carbocycles. The van der Waals surface area contributed by atoms with Crippen LogP contribution in [0, 0.1) is 12.3 Å². The van der Waals surface area contributed by atoms with Gasteiger partial charge in [-0.3, -0.25) is 0 Å². The first-order chi connectivity index (χ1) is 7.74. The van der Waals surface area contributed by atoms with E-state index in [1.807, 2.05) is 12.1 Å². The van der Waals surface area contributed by atoms with Crippen LogP contribution in [0.2, 0.25) is 0 Å². The molecule has 78 valence electrons. The summed E-state index contributed by atoms with van der Waals surface area (Å²) in [7, 11) is 0. The molecule has 2 aromatic rings. The second kappa shape index (κ2) is 3.95. The second-order valence-corrected chi connectivity index (χ2v) is 3.24. The van der Waals surface area contributed by atoms with Gasteiger partial charge < -0.3 is 9.67 Å². The lowest BCUT2D eigenvalue weighted by atomic mass is 10.1. The van der Waals surface area contributed by atoms with E-state index in [0.717, 1.165) is 0 Å². The Morgan fingerprint density at radius 3 is 2.50 bits per heavy atom. The van der Waals surface area contributed by atoms with Gasteiger partial charge in [0.25, 0.3) is 0 Å². The van der Waals surface area contributed by atoms with Gasteiger partial charge in [0, 0.05) is 18.0 Å². The number of nitrogens with zero attached hydrogens (tertiary/aromatic N) is 1. The average Bonchev–Trinajstić information content (AvgIpc) is 2.81. The largest absolute Gasteiger partial charge is 0.478 e. The van der Waals surface area contributed by atoms with E-state index >= 15 is 0 Å². The number of hydrogen-bond acceptors (Lipinski definition) is 1. The SMILES string of the molecule is C#Cc1cccc(C(=O)O)c1-n1cccc1. The highest BCUT2D eigenvalue weighted by atomic mass is 16.4. The molecule has 1 aromatic heterocycles. The summed E-state index contributed by atoms with van der Waals surface area (Å²) in [4.78, 5) is 11.1. The molecule has 0 amide bonds. The maximum absolute atomic E-state index is 11.1. The number of carboxylic acids is 1. The van der Waals surface area contributed by atoms with Crippen molar-refractivity contribution < 1.29 is 9.90 Å². The fourth-order valence-electron chi connectivity index (χ4n) is 1.59. The van der Waals surface area contributed by atoms with E-state index in [0.29, 0.717) is 11.3 Å². The molecule has 3 nitrogen and oxygen atoms in total. The zero-order valence-corrected chi connectivity index (χ0v) is 8.42. The molecule has 0 aliphatic carbocycles. The van der Waals surface area contributed by atoms with Gasteiger partial charge in [0.2, 0.25) is 0 Å². The van der Waals surface area contributed by atoms with E-state index in [9.17, 15) is 4.79 Å². The van der Waals surface area contributed by atoms with E-state index in [2.05, 4.69) is 5.92 Å². The van der Waals surface area contributed by atoms with Crippen LogP contribution in [-0.4, -0.2) is 15.6 Å². The van der Waals surface area contributed by atoms with Gasteiger partial charge in [-0.15, -0.1) is 6.42 Å². The van der Waals surface area contributed by atoms with Gasteiger partial charge in [-0.25, -0.2) is 4.79 Å². The molecule has 1 heterocycles. The molecule has 0 aliphatic heterocycles. The van der Waals surface area contributed by atoms with Crippen molar-refractivity contribution in [2.45, 2.75) is 0 Å². The van der Waals surface area contributed by atoms with Gasteiger partial charge in [-0.05, 0) is 24.3 Å². The molecule has 2 rings (SSSR count). The Kier molecular flexibility index (Phi) is 2.49. The maximum Gasteiger partial charge on any atom is 0.337 e. The Morgan fingerprint density at radius 1 is 1.25 bits per heavy atom. The molecular weight excluding hydrogens is 202 g/mol. The number of aromatic nitrogens is 1. The van der Waals surface area contributed by atoms with Crippen molar-refractivity contribution in [2.24, 2.45) is 0 Å². The summed E-state index contributed by atoms with van der Waals surface area (Å²) in [6.07, 6.45) is 8.90. The zero-order chi connectivity index (χ0) is 11.5. The van der Waals surface area contributed by atoms with Crippen LogP contribution >= 0.6 is 0 Å². The topological polar surface area (TPSA) is 42.2 Å². The minimum absolute atomic E-state index is 0.201. The third-order valence-corrected chi connectivity index (χ3v) is 2.28. The molecule has 0 atom stereocenters. The molecule has 0 aliphatic rings. The zero-order valence-electron chi connectivity index (χ0n) is 8.42. The van der Waals surface area contributed by atoms with Crippen LogP contribution in [0.25, 0.3) is 5.69 Å². The molecule has 0 saturated heterocycles. The van der Waals surface area contributed by atoms with Crippen LogP contribution in [0.15, 0.2) is 42.7 Å². The molecule has 1 aromatic carbocycles. The van der Waals surface area contributed by atoms with Crippen molar-refractivity contribution in [1.82, 2.24) is 4.57 Å². The highest BCUT2D eigenvalue weighted by molar-refractivity contribution is 5.93. The number of hydrogen-bond donors (Lipinski definition) is 1. The number of benzene rings is 1. The number of carboxylic acid groups (broad SMARTS) is 1. The Bertz CT molecular complexity index is 562. The fraction of sp³-hybridized carbons (Fsp3) is 0. The van der Waals surface area contributed by atoms with E-state index < -0.39 is 5.97 Å². The van der Waals surface area contributed by atoms with Crippen molar-refractivity contribution in [3.63, 3.8) is 0 Å². The van der Waals surface area contributed by atoms with Gasteiger partial charge in [0.15, 0.2) is 0 Å². The lowest BCUT2D eigenvalue weighted by Crippen LogP contribution is -2.06. The predicted octanol–water partition coefficient (Wildman–Crippen LogP) is 2.16. The third kappa shape index (κ3) is 1.57. The Balaban J connectivity index is 2.75. The van der Waals surface area contributed by atoms with Crippen molar-refractivity contribution in [2.75, 3.05) is 0 Å². The molecule has 3 heteroatoms. The van der Waals surface area contributed by atoms with Gasteiger partial charge in [0.05, 0.1) is 11.3 Å². The highest BCUT2D eigenvalue weighted by Crippen LogP contribution is 2.19. The van der Waals surface area contributed by atoms with Crippen molar-refractivity contribution in [1.29, 1.82) is 0 Å². The van der Waals surface area contributed by atoms with E-state index in [-0.39, 0.29) is 5.56 Å². The lowest BCUT2D eigenvalue weighted by Gasteiger charge is -2.09. The lowest BCUT2D eigenvalue weighted by molar-refractivity contribution is 0.0697. The molecule has 0 fully saturated rings. The minimum atomic E-state index is -0.985. The van der Waals surface area contributed by atoms with Crippen molar-refractivity contribution in [3.8, 4) is 18.0 Å². The molecule has 0 bridgehead atoms. The maximum atomic E-state index is 11.1. The van der Waals surface area contributed by atoms with E-state index in [1.165, 1.54) is 0 Å². The molecular formula is C13H9NO2. The summed E-state index contributed by atoms with van der Waals surface area (Å²) in [6, 6.07) is 8.55. The van der Waals surface area contributed by atoms with Crippen molar-refractivity contribution >= 4 is 5.97 Å². The van der Waals surface area contributed by atoms with Crippen LogP contribution in [0.4, 0.5) is 0 Å². The normalized spacial score (nSPS) is 9.69. The smallest absolute Gasteiger partial charge is 0.337 e. The number of carbonyl (C=O) groups is 1. The first kappa shape index (κ1) is 10.1. The van der Waals surface area contributed by atoms with E-state index in [4.69, 9.17) is 11.5 Å². The second-order valence-electron chi connectivity index (χ2n) is 3.24. The number of aromatic carboxylic acids is 1. The first-order valence-corrected chi connectivity index (χ1v) is 4.70. The van der Waals surface area contributed by atoms with Crippen LogP contribution in [0.3, 0.4) is 0 Å². The summed E-state index contributed by atoms with van der Waals surface area (Å²) in [5.74, 6) is 1.51. The number of rotatable bonds is 2. The Labute approximate surface area is 93.0 Å². The Morgan fingerprint density at radius 2 is 1.94 bits per heavy atom. The quantitative estimate of drug-likeness (QED) is 0.773. The number of para-hydroxylation sites is 1. The standard InChI is InChI=1S/C13H9NO2/c1-2-10-6-5-7-11(13(15)16)12(10)14-8-3-4-9-14/h1,3-9H,(H,15,16). The minimum Gasteiger partial charge on any atom is -0.478 e. The van der Waals surface area contributed by atoms with Gasteiger partial charge in [-0.1, -0.05) is 12.0 Å². The van der Waals surface area contributed by atoms with Crippen LogP contribution in [0.1, 0.15) is 15.9 Å². The summed E-state index contributed by atoms with van der Waals surface area (Å²) < 4.78 is 1.71. The van der Waals surface area contributed by atoms with Crippen LogP contribution < -0.4 is 0 Å². The van der Waals surface area contributed by atoms with Gasteiger partial charge in [0.1, 0.15) is 0 Å². The summed E-state index contributed by atoms with van der Waals surface area (Å²) >= 11 is 0. The Hall–Kier alpha value is -2.47. The molecule has 0 radical (unpaired) electrons. The average molecular weight is 211 g/mol. The number of terminal acetylenes is 1. The predicted molar refractivity (Wildman–Crippen MR) is 60.7 cm³/mol. The fourth-order valence-corrected chi connectivity index (χ4v) is 1.59. The van der Waals surface area contributed by atoms with E-state index in [1.54, 1.807) is 35.2 Å². The van der Waals surface area contributed by atoms with Crippen LogP contribution in [-0.2, 0) is 0 Å². The highest BCUT2D eigenvalue weighted by Gasteiger charge is 2.13. The summed E-state index contributed by atoms with van der Waals surface area (Å²) in [6.45, 7) is 0. The molecule has 0 unspecified atom stereocenters.